The first kappa shape index (κ1) is 16.2. The highest BCUT2D eigenvalue weighted by atomic mass is 35.5. The normalized spacial score (nSPS) is 15.4. The third kappa shape index (κ3) is 2.80. The molecule has 0 amide bonds. The van der Waals surface area contributed by atoms with Gasteiger partial charge in [-0.15, -0.1) is 0 Å². The Balaban J connectivity index is 1.83. The van der Waals surface area contributed by atoms with Crippen LogP contribution in [0.15, 0.2) is 59.5 Å². The number of aromatic nitrogens is 2. The number of esters is 1. The largest absolute Gasteiger partial charge is 0.402 e. The van der Waals surface area contributed by atoms with Crippen LogP contribution < -0.4 is 0 Å². The highest BCUT2D eigenvalue weighted by molar-refractivity contribution is 6.31. The lowest BCUT2D eigenvalue weighted by Crippen LogP contribution is -2.05. The molecule has 0 atom stereocenters. The molecule has 0 aliphatic carbocycles. The van der Waals surface area contributed by atoms with Crippen LogP contribution in [-0.4, -0.2) is 27.3 Å². The number of carbonyl (C=O) groups excluding carboxylic acids is 2. The summed E-state index contributed by atoms with van der Waals surface area (Å²) in [4.78, 5) is 32.5. The highest BCUT2D eigenvalue weighted by Gasteiger charge is 2.25. The van der Waals surface area contributed by atoms with Crippen LogP contribution in [0.5, 0.6) is 0 Å². The van der Waals surface area contributed by atoms with Gasteiger partial charge in [0.2, 0.25) is 11.8 Å². The molecule has 128 valence electrons. The Labute approximate surface area is 153 Å². The van der Waals surface area contributed by atoms with Crippen LogP contribution in [0.3, 0.4) is 0 Å². The van der Waals surface area contributed by atoms with Gasteiger partial charge in [-0.25, -0.2) is 14.8 Å². The second-order valence-electron chi connectivity index (χ2n) is 5.70. The van der Waals surface area contributed by atoms with Crippen LogP contribution in [0.1, 0.15) is 22.8 Å². The molecular weight excluding hydrogens is 354 g/mol. The number of carbonyl (C=O) groups is 2. The van der Waals surface area contributed by atoms with Gasteiger partial charge in [0.1, 0.15) is 5.65 Å². The van der Waals surface area contributed by atoms with E-state index in [-0.39, 0.29) is 17.5 Å². The first-order valence-electron chi connectivity index (χ1n) is 7.78. The molecule has 0 unspecified atom stereocenters. The fourth-order valence-corrected chi connectivity index (χ4v) is 2.88. The molecule has 0 N–H and O–H groups in total. The SMILES string of the molecule is CC(=O)n1cc(/C=C2\N=C(c3ccccc3)OC2=O)c2cc(Cl)cnc21. The average Bonchev–Trinajstić information content (AvgIpc) is 3.17. The minimum Gasteiger partial charge on any atom is -0.402 e. The summed E-state index contributed by atoms with van der Waals surface area (Å²) in [7, 11) is 0. The van der Waals surface area contributed by atoms with Gasteiger partial charge in [-0.2, -0.15) is 0 Å². The standard InChI is InChI=1S/C19H12ClN3O3/c1-11(24)23-10-13(15-8-14(20)9-21-17(15)23)7-16-19(25)26-18(22-16)12-5-3-2-4-6-12/h2-10H,1H3/b16-7-. The predicted octanol–water partition coefficient (Wildman–Crippen LogP) is 3.69. The molecule has 0 fully saturated rings. The lowest BCUT2D eigenvalue weighted by Gasteiger charge is -1.97. The van der Waals surface area contributed by atoms with Gasteiger partial charge < -0.3 is 4.74 Å². The van der Waals surface area contributed by atoms with Crippen LogP contribution in [0.4, 0.5) is 0 Å². The maximum atomic E-state index is 12.2. The molecule has 0 saturated carbocycles. The quantitative estimate of drug-likeness (QED) is 0.512. The van der Waals surface area contributed by atoms with E-state index in [1.165, 1.54) is 17.7 Å². The molecule has 3 heterocycles. The number of nitrogens with zero attached hydrogens (tertiary/aromatic N) is 3. The van der Waals surface area contributed by atoms with E-state index in [9.17, 15) is 9.59 Å². The maximum absolute atomic E-state index is 12.2. The fraction of sp³-hybridized carbons (Fsp3) is 0.0526. The van der Waals surface area contributed by atoms with Crippen LogP contribution in [-0.2, 0) is 9.53 Å². The van der Waals surface area contributed by atoms with E-state index in [0.717, 1.165) is 0 Å². The Hall–Kier alpha value is -3.25. The van der Waals surface area contributed by atoms with E-state index >= 15 is 0 Å². The van der Waals surface area contributed by atoms with E-state index < -0.39 is 5.97 Å². The summed E-state index contributed by atoms with van der Waals surface area (Å²) in [5.41, 5.74) is 1.93. The number of benzene rings is 1. The van der Waals surface area contributed by atoms with Crippen molar-refractivity contribution < 1.29 is 14.3 Å². The van der Waals surface area contributed by atoms with Crippen LogP contribution in [0, 0.1) is 0 Å². The minimum absolute atomic E-state index is 0.145. The van der Waals surface area contributed by atoms with Crippen molar-refractivity contribution in [2.75, 3.05) is 0 Å². The van der Waals surface area contributed by atoms with Gasteiger partial charge in [0.15, 0.2) is 5.70 Å². The Bertz CT molecular complexity index is 1110. The van der Waals surface area contributed by atoms with Gasteiger partial charge in [0.25, 0.3) is 0 Å². The summed E-state index contributed by atoms with van der Waals surface area (Å²) in [6.07, 6.45) is 4.64. The molecule has 1 aliphatic rings. The first-order chi connectivity index (χ1) is 12.5. The van der Waals surface area contributed by atoms with Crippen molar-refractivity contribution in [1.29, 1.82) is 0 Å². The number of fused-ring (bicyclic) bond motifs is 1. The van der Waals surface area contributed by atoms with Crippen molar-refractivity contribution in [1.82, 2.24) is 9.55 Å². The fourth-order valence-electron chi connectivity index (χ4n) is 2.72. The third-order valence-electron chi connectivity index (χ3n) is 3.91. The highest BCUT2D eigenvalue weighted by Crippen LogP contribution is 2.27. The van der Waals surface area contributed by atoms with Crippen molar-refractivity contribution in [2.45, 2.75) is 6.92 Å². The molecule has 0 bridgehead atoms. The number of aliphatic imine (C=N–C) groups is 1. The summed E-state index contributed by atoms with van der Waals surface area (Å²) < 4.78 is 6.65. The van der Waals surface area contributed by atoms with Crippen LogP contribution >= 0.6 is 11.6 Å². The van der Waals surface area contributed by atoms with E-state index in [1.807, 2.05) is 18.2 Å². The van der Waals surface area contributed by atoms with Crippen molar-refractivity contribution in [2.24, 2.45) is 4.99 Å². The van der Waals surface area contributed by atoms with E-state index in [2.05, 4.69) is 9.98 Å². The number of hydrogen-bond acceptors (Lipinski definition) is 5. The number of pyridine rings is 1. The van der Waals surface area contributed by atoms with E-state index in [0.29, 0.717) is 27.2 Å². The Morgan fingerprint density at radius 3 is 2.77 bits per heavy atom. The van der Waals surface area contributed by atoms with Crippen molar-refractivity contribution in [3.05, 3.63) is 70.6 Å². The summed E-state index contributed by atoms with van der Waals surface area (Å²) >= 11 is 6.03. The molecule has 7 heteroatoms. The van der Waals surface area contributed by atoms with Crippen LogP contribution in [0.2, 0.25) is 5.02 Å². The van der Waals surface area contributed by atoms with E-state index in [1.54, 1.807) is 30.5 Å². The summed E-state index contributed by atoms with van der Waals surface area (Å²) in [6.45, 7) is 1.43. The van der Waals surface area contributed by atoms with Crippen molar-refractivity contribution in [3.8, 4) is 0 Å². The predicted molar refractivity (Wildman–Crippen MR) is 98.1 cm³/mol. The Morgan fingerprint density at radius 2 is 2.04 bits per heavy atom. The summed E-state index contributed by atoms with van der Waals surface area (Å²) in [6, 6.07) is 10.8. The van der Waals surface area contributed by atoms with Crippen molar-refractivity contribution in [3.63, 3.8) is 0 Å². The zero-order chi connectivity index (χ0) is 18.3. The molecule has 2 aromatic heterocycles. The number of ether oxygens (including phenoxy) is 1. The summed E-state index contributed by atoms with van der Waals surface area (Å²) in [5.74, 6) is -0.507. The van der Waals surface area contributed by atoms with Crippen LogP contribution in [0.25, 0.3) is 17.1 Å². The summed E-state index contributed by atoms with van der Waals surface area (Å²) in [5, 5.41) is 1.08. The maximum Gasteiger partial charge on any atom is 0.363 e. The zero-order valence-electron chi connectivity index (χ0n) is 13.6. The number of cyclic esters (lactones) is 1. The molecule has 4 rings (SSSR count). The minimum atomic E-state index is -0.553. The number of hydrogen-bond donors (Lipinski definition) is 0. The molecule has 0 saturated heterocycles. The molecule has 0 spiro atoms. The van der Waals surface area contributed by atoms with Gasteiger partial charge >= 0.3 is 5.97 Å². The van der Waals surface area contributed by atoms with Gasteiger partial charge in [0.05, 0.1) is 5.02 Å². The zero-order valence-corrected chi connectivity index (χ0v) is 14.4. The van der Waals surface area contributed by atoms with Gasteiger partial charge in [-0.3, -0.25) is 9.36 Å². The first-order valence-corrected chi connectivity index (χ1v) is 8.16. The van der Waals surface area contributed by atoms with Crippen molar-refractivity contribution >= 4 is 46.5 Å². The lowest BCUT2D eigenvalue weighted by atomic mass is 10.2. The number of rotatable bonds is 2. The molecular formula is C19H12ClN3O3. The van der Waals surface area contributed by atoms with Gasteiger partial charge in [-0.1, -0.05) is 29.8 Å². The smallest absolute Gasteiger partial charge is 0.363 e. The Kier molecular flexibility index (Phi) is 3.89. The molecule has 1 aliphatic heterocycles. The lowest BCUT2D eigenvalue weighted by molar-refractivity contribution is -0.129. The second kappa shape index (κ2) is 6.24. The second-order valence-corrected chi connectivity index (χ2v) is 6.14. The molecule has 3 aromatic rings. The molecule has 6 nitrogen and oxygen atoms in total. The molecule has 1 aromatic carbocycles. The topological polar surface area (TPSA) is 73.6 Å². The number of halogens is 1. The Morgan fingerprint density at radius 1 is 1.27 bits per heavy atom. The van der Waals surface area contributed by atoms with E-state index in [4.69, 9.17) is 16.3 Å². The van der Waals surface area contributed by atoms with Gasteiger partial charge in [0, 0.05) is 35.8 Å². The molecule has 26 heavy (non-hydrogen) atoms. The molecule has 0 radical (unpaired) electrons. The third-order valence-corrected chi connectivity index (χ3v) is 4.12. The average molecular weight is 366 g/mol. The van der Waals surface area contributed by atoms with Gasteiger partial charge in [-0.05, 0) is 24.3 Å². The monoisotopic (exact) mass is 365 g/mol.